The van der Waals surface area contributed by atoms with Crippen LogP contribution < -0.4 is 5.73 Å². The normalized spacial score (nSPS) is 23.0. The van der Waals surface area contributed by atoms with Crippen LogP contribution in [0.15, 0.2) is 12.4 Å². The van der Waals surface area contributed by atoms with Gasteiger partial charge < -0.3 is 10.6 Å². The van der Waals surface area contributed by atoms with Crippen LogP contribution >= 0.6 is 11.8 Å². The molecule has 1 aromatic rings. The zero-order valence-electron chi connectivity index (χ0n) is 10.7. The van der Waals surface area contributed by atoms with Crippen LogP contribution in [0.4, 0.5) is 5.82 Å². The minimum absolute atomic E-state index is 0.132. The van der Waals surface area contributed by atoms with E-state index < -0.39 is 0 Å². The number of hydrogen-bond acceptors (Lipinski definition) is 5. The Labute approximate surface area is 111 Å². The number of nitrogen functional groups attached to an aromatic ring is 1. The minimum atomic E-state index is -0.132. The molecule has 0 aromatic carbocycles. The van der Waals surface area contributed by atoms with Crippen molar-refractivity contribution in [3.63, 3.8) is 0 Å². The van der Waals surface area contributed by atoms with Crippen molar-refractivity contribution in [1.82, 2.24) is 14.9 Å². The number of hydrogen-bond donors (Lipinski definition) is 1. The maximum Gasteiger partial charge on any atom is 0.276 e. The Kier molecular flexibility index (Phi) is 4.06. The van der Waals surface area contributed by atoms with E-state index in [1.54, 1.807) is 4.90 Å². The molecule has 2 atom stereocenters. The van der Waals surface area contributed by atoms with E-state index in [9.17, 15) is 4.79 Å². The Hall–Kier alpha value is -1.30. The summed E-state index contributed by atoms with van der Waals surface area (Å²) in [6.07, 6.45) is 8.37. The summed E-state index contributed by atoms with van der Waals surface area (Å²) in [5.74, 6) is 0.0705. The van der Waals surface area contributed by atoms with Crippen LogP contribution in [0.5, 0.6) is 0 Å². The summed E-state index contributed by atoms with van der Waals surface area (Å²) < 4.78 is 0. The van der Waals surface area contributed by atoms with Gasteiger partial charge in [-0.1, -0.05) is 0 Å². The third-order valence-corrected chi connectivity index (χ3v) is 4.58. The molecule has 0 spiro atoms. The second-order valence-electron chi connectivity index (χ2n) is 4.53. The molecule has 0 aliphatic heterocycles. The van der Waals surface area contributed by atoms with E-state index in [1.807, 2.05) is 18.8 Å². The molecule has 1 fully saturated rings. The van der Waals surface area contributed by atoms with Gasteiger partial charge >= 0.3 is 0 Å². The Bertz CT molecular complexity index is 440. The van der Waals surface area contributed by atoms with Crippen molar-refractivity contribution < 1.29 is 4.79 Å². The molecule has 1 aromatic heterocycles. The van der Waals surface area contributed by atoms with Crippen molar-refractivity contribution in [1.29, 1.82) is 0 Å². The first-order chi connectivity index (χ1) is 8.63. The SMILES string of the molecule is CS[C@@H]1CC[C@H](N(C)C(=O)c2nccnc2N)C1. The summed E-state index contributed by atoms with van der Waals surface area (Å²) in [5.41, 5.74) is 5.94. The first kappa shape index (κ1) is 13.1. The second-order valence-corrected chi connectivity index (χ2v) is 5.67. The Morgan fingerprint density at radius 1 is 1.44 bits per heavy atom. The third kappa shape index (κ3) is 2.58. The van der Waals surface area contributed by atoms with Crippen molar-refractivity contribution >= 4 is 23.5 Å². The van der Waals surface area contributed by atoms with Gasteiger partial charge in [0.2, 0.25) is 0 Å². The molecule has 98 valence electrons. The van der Waals surface area contributed by atoms with Crippen LogP contribution in [-0.4, -0.2) is 45.4 Å². The van der Waals surface area contributed by atoms with Crippen molar-refractivity contribution in [2.24, 2.45) is 0 Å². The number of nitrogens with two attached hydrogens (primary N) is 1. The van der Waals surface area contributed by atoms with Crippen LogP contribution in [0.25, 0.3) is 0 Å². The van der Waals surface area contributed by atoms with E-state index >= 15 is 0 Å². The first-order valence-corrected chi connectivity index (χ1v) is 7.28. The van der Waals surface area contributed by atoms with E-state index in [0.29, 0.717) is 5.25 Å². The number of carbonyl (C=O) groups is 1. The molecule has 2 rings (SSSR count). The zero-order valence-corrected chi connectivity index (χ0v) is 11.5. The fourth-order valence-corrected chi connectivity index (χ4v) is 3.12. The van der Waals surface area contributed by atoms with E-state index in [1.165, 1.54) is 18.8 Å². The highest BCUT2D eigenvalue weighted by Gasteiger charge is 2.30. The highest BCUT2D eigenvalue weighted by Crippen LogP contribution is 2.31. The van der Waals surface area contributed by atoms with Gasteiger partial charge in [-0.15, -0.1) is 0 Å². The maximum absolute atomic E-state index is 12.3. The van der Waals surface area contributed by atoms with Crippen molar-refractivity contribution in [2.75, 3.05) is 19.0 Å². The maximum atomic E-state index is 12.3. The molecule has 18 heavy (non-hydrogen) atoms. The molecule has 2 N–H and O–H groups in total. The van der Waals surface area contributed by atoms with Gasteiger partial charge in [0.1, 0.15) is 0 Å². The lowest BCUT2D eigenvalue weighted by Crippen LogP contribution is -2.36. The third-order valence-electron chi connectivity index (χ3n) is 3.49. The zero-order chi connectivity index (χ0) is 13.1. The van der Waals surface area contributed by atoms with Crippen LogP contribution in [0, 0.1) is 0 Å². The number of rotatable bonds is 3. The second kappa shape index (κ2) is 5.56. The number of aromatic nitrogens is 2. The van der Waals surface area contributed by atoms with Crippen LogP contribution in [0.2, 0.25) is 0 Å². The monoisotopic (exact) mass is 266 g/mol. The highest BCUT2D eigenvalue weighted by atomic mass is 32.2. The smallest absolute Gasteiger partial charge is 0.276 e. The molecule has 1 saturated carbocycles. The lowest BCUT2D eigenvalue weighted by atomic mass is 10.2. The van der Waals surface area contributed by atoms with Gasteiger partial charge in [0, 0.05) is 30.7 Å². The summed E-state index contributed by atoms with van der Waals surface area (Å²) in [6, 6.07) is 0.288. The number of nitrogens with zero attached hydrogens (tertiary/aromatic N) is 3. The standard InChI is InChI=1S/C12H18N4OS/c1-16(8-3-4-9(7-8)18-2)12(17)10-11(13)15-6-5-14-10/h5-6,8-9H,3-4,7H2,1-2H3,(H2,13,15)/t8-,9+/m0/s1. The predicted molar refractivity (Wildman–Crippen MR) is 73.5 cm³/mol. The molecular weight excluding hydrogens is 248 g/mol. The van der Waals surface area contributed by atoms with Crippen LogP contribution in [-0.2, 0) is 0 Å². The van der Waals surface area contributed by atoms with Crippen molar-refractivity contribution in [3.8, 4) is 0 Å². The Balaban J connectivity index is 2.08. The van der Waals surface area contributed by atoms with Gasteiger partial charge in [-0.3, -0.25) is 4.79 Å². The minimum Gasteiger partial charge on any atom is -0.382 e. The summed E-state index contributed by atoms with van der Waals surface area (Å²) in [4.78, 5) is 22.0. The Morgan fingerprint density at radius 3 is 2.78 bits per heavy atom. The fourth-order valence-electron chi connectivity index (χ4n) is 2.33. The molecule has 6 heteroatoms. The number of thioether (sulfide) groups is 1. The molecule has 1 heterocycles. The lowest BCUT2D eigenvalue weighted by Gasteiger charge is -2.24. The molecular formula is C12H18N4OS. The fraction of sp³-hybridized carbons (Fsp3) is 0.583. The molecule has 0 saturated heterocycles. The average molecular weight is 266 g/mol. The Morgan fingerprint density at radius 2 is 2.17 bits per heavy atom. The molecule has 5 nitrogen and oxygen atoms in total. The van der Waals surface area contributed by atoms with E-state index in [-0.39, 0.29) is 23.5 Å². The van der Waals surface area contributed by atoms with Gasteiger partial charge in [-0.25, -0.2) is 9.97 Å². The van der Waals surface area contributed by atoms with E-state index in [4.69, 9.17) is 5.73 Å². The first-order valence-electron chi connectivity index (χ1n) is 6.00. The number of carbonyl (C=O) groups excluding carboxylic acids is 1. The predicted octanol–water partition coefficient (Wildman–Crippen LogP) is 1.41. The van der Waals surface area contributed by atoms with Crippen LogP contribution in [0.1, 0.15) is 29.8 Å². The highest BCUT2D eigenvalue weighted by molar-refractivity contribution is 7.99. The molecule has 0 unspecified atom stereocenters. The van der Waals surface area contributed by atoms with Crippen molar-refractivity contribution in [2.45, 2.75) is 30.6 Å². The van der Waals surface area contributed by atoms with Gasteiger partial charge in [-0.2, -0.15) is 11.8 Å². The quantitative estimate of drug-likeness (QED) is 0.895. The van der Waals surface area contributed by atoms with Gasteiger partial charge in [0.05, 0.1) is 0 Å². The van der Waals surface area contributed by atoms with Gasteiger partial charge in [0.15, 0.2) is 11.5 Å². The molecule has 0 radical (unpaired) electrons. The van der Waals surface area contributed by atoms with Crippen LogP contribution in [0.3, 0.4) is 0 Å². The molecule has 1 aliphatic rings. The van der Waals surface area contributed by atoms with E-state index in [2.05, 4.69) is 16.2 Å². The molecule has 1 amide bonds. The average Bonchev–Trinajstić information content (AvgIpc) is 2.86. The molecule has 1 aliphatic carbocycles. The van der Waals surface area contributed by atoms with E-state index in [0.717, 1.165) is 12.8 Å². The summed E-state index contributed by atoms with van der Waals surface area (Å²) in [5, 5.41) is 0.657. The molecule has 0 bridgehead atoms. The van der Waals surface area contributed by atoms with Gasteiger partial charge in [0.25, 0.3) is 5.91 Å². The number of anilines is 1. The van der Waals surface area contributed by atoms with Crippen molar-refractivity contribution in [3.05, 3.63) is 18.1 Å². The summed E-state index contributed by atoms with van der Waals surface area (Å²) >= 11 is 1.87. The number of amides is 1. The summed E-state index contributed by atoms with van der Waals surface area (Å²) in [7, 11) is 1.82. The largest absolute Gasteiger partial charge is 0.382 e. The topological polar surface area (TPSA) is 72.1 Å². The van der Waals surface area contributed by atoms with Gasteiger partial charge in [-0.05, 0) is 25.5 Å². The summed E-state index contributed by atoms with van der Waals surface area (Å²) in [6.45, 7) is 0. The lowest BCUT2D eigenvalue weighted by molar-refractivity contribution is 0.0730.